The zero-order valence-corrected chi connectivity index (χ0v) is 17.8. The highest BCUT2D eigenvalue weighted by molar-refractivity contribution is 5.73. The highest BCUT2D eigenvalue weighted by atomic mass is 19.4. The van der Waals surface area contributed by atoms with Crippen LogP contribution in [0.5, 0.6) is 5.88 Å². The lowest BCUT2D eigenvalue weighted by Gasteiger charge is -2.49. The number of fused-ring (bicyclic) bond motifs is 1. The number of carbonyl (C=O) groups is 2. The summed E-state index contributed by atoms with van der Waals surface area (Å²) in [4.78, 5) is 24.1. The summed E-state index contributed by atoms with van der Waals surface area (Å²) in [7, 11) is 2.12. The second-order valence-corrected chi connectivity index (χ2v) is 7.54. The maximum absolute atomic E-state index is 13.6. The lowest BCUT2D eigenvalue weighted by atomic mass is 9.73. The van der Waals surface area contributed by atoms with Crippen molar-refractivity contribution in [2.24, 2.45) is 5.41 Å². The molecular weight excluding hydrogens is 485 g/mol. The van der Waals surface area contributed by atoms with Crippen LogP contribution < -0.4 is 4.74 Å². The molecule has 2 N–H and O–H groups in total. The summed E-state index contributed by atoms with van der Waals surface area (Å²) in [6, 6.07) is 2.95. The standard InChI is InChI=1S/C15H21FN2O2.2C2HF3O2/c1-18-8-5-13-15(10-18,6-3-9-19-13)11-20-14-12(16)4-2-7-17-14;2*3-2(4,5)1(6)7/h2,4,7,13H,3,5-6,8-11H2,1H3;2*(H,6,7). The third kappa shape index (κ3) is 9.29. The molecule has 194 valence electrons. The van der Waals surface area contributed by atoms with Crippen LogP contribution in [-0.2, 0) is 14.3 Å². The molecule has 34 heavy (non-hydrogen) atoms. The summed E-state index contributed by atoms with van der Waals surface area (Å²) >= 11 is 0. The molecule has 1 aromatic rings. The van der Waals surface area contributed by atoms with Crippen LogP contribution in [0.3, 0.4) is 0 Å². The van der Waals surface area contributed by atoms with Gasteiger partial charge in [0.1, 0.15) is 0 Å². The summed E-state index contributed by atoms with van der Waals surface area (Å²) in [5.74, 6) is -5.82. The van der Waals surface area contributed by atoms with Crippen LogP contribution in [0.4, 0.5) is 30.7 Å². The van der Waals surface area contributed by atoms with E-state index in [1.165, 1.54) is 6.07 Å². The second kappa shape index (κ2) is 12.1. The summed E-state index contributed by atoms with van der Waals surface area (Å²) < 4.78 is 88.7. The van der Waals surface area contributed by atoms with E-state index in [0.717, 1.165) is 39.0 Å². The molecular formula is C19H23F7N2O6. The van der Waals surface area contributed by atoms with Crippen molar-refractivity contribution in [2.75, 3.05) is 33.4 Å². The van der Waals surface area contributed by atoms with Crippen LogP contribution >= 0.6 is 0 Å². The van der Waals surface area contributed by atoms with Gasteiger partial charge in [0.05, 0.1) is 12.7 Å². The predicted molar refractivity (Wildman–Crippen MR) is 101 cm³/mol. The first-order valence-corrected chi connectivity index (χ1v) is 9.72. The van der Waals surface area contributed by atoms with Crippen molar-refractivity contribution in [3.05, 3.63) is 24.1 Å². The molecule has 2 saturated heterocycles. The first kappa shape index (κ1) is 29.4. The third-order valence-corrected chi connectivity index (χ3v) is 4.88. The zero-order valence-electron chi connectivity index (χ0n) is 17.8. The van der Waals surface area contributed by atoms with Crippen molar-refractivity contribution in [3.63, 3.8) is 0 Å². The summed E-state index contributed by atoms with van der Waals surface area (Å²) in [6.07, 6.45) is -5.27. The van der Waals surface area contributed by atoms with Gasteiger partial charge in [0.2, 0.25) is 5.88 Å². The average molecular weight is 508 g/mol. The Hall–Kier alpha value is -2.68. The van der Waals surface area contributed by atoms with Crippen molar-refractivity contribution in [2.45, 2.75) is 37.7 Å². The number of aliphatic carboxylic acids is 2. The Kier molecular flexibility index (Phi) is 10.5. The van der Waals surface area contributed by atoms with Gasteiger partial charge in [-0.1, -0.05) is 0 Å². The molecule has 3 rings (SSSR count). The minimum absolute atomic E-state index is 0.0325. The van der Waals surface area contributed by atoms with Gasteiger partial charge >= 0.3 is 24.3 Å². The van der Waals surface area contributed by atoms with Crippen molar-refractivity contribution in [3.8, 4) is 5.88 Å². The largest absolute Gasteiger partial charge is 0.490 e. The molecule has 0 saturated carbocycles. The zero-order chi connectivity index (χ0) is 26.2. The molecule has 0 aliphatic carbocycles. The van der Waals surface area contributed by atoms with E-state index in [1.54, 1.807) is 12.3 Å². The van der Waals surface area contributed by atoms with E-state index < -0.39 is 30.1 Å². The molecule has 15 heteroatoms. The van der Waals surface area contributed by atoms with Gasteiger partial charge in [-0.05, 0) is 38.4 Å². The van der Waals surface area contributed by atoms with Crippen LogP contribution in [0, 0.1) is 11.2 Å². The normalized spacial score (nSPS) is 22.8. The van der Waals surface area contributed by atoms with Crippen LogP contribution in [-0.4, -0.2) is 83.8 Å². The molecule has 2 aliphatic heterocycles. The fraction of sp³-hybridized carbons (Fsp3) is 0.632. The van der Waals surface area contributed by atoms with Gasteiger partial charge in [0, 0.05) is 31.3 Å². The summed E-state index contributed by atoms with van der Waals surface area (Å²) in [6.45, 7) is 3.28. The number of nitrogens with zero attached hydrogens (tertiary/aromatic N) is 2. The van der Waals surface area contributed by atoms with Crippen LogP contribution in [0.1, 0.15) is 19.3 Å². The number of alkyl halides is 6. The lowest BCUT2D eigenvalue weighted by Crippen LogP contribution is -2.56. The molecule has 2 fully saturated rings. The molecule has 0 spiro atoms. The van der Waals surface area contributed by atoms with E-state index in [-0.39, 0.29) is 17.4 Å². The summed E-state index contributed by atoms with van der Waals surface area (Å²) in [5, 5.41) is 14.2. The molecule has 0 radical (unpaired) electrons. The monoisotopic (exact) mass is 508 g/mol. The van der Waals surface area contributed by atoms with E-state index in [0.29, 0.717) is 6.61 Å². The van der Waals surface area contributed by atoms with E-state index in [4.69, 9.17) is 29.3 Å². The topological polar surface area (TPSA) is 109 Å². The third-order valence-electron chi connectivity index (χ3n) is 4.88. The van der Waals surface area contributed by atoms with Gasteiger partial charge in [-0.15, -0.1) is 0 Å². The van der Waals surface area contributed by atoms with Crippen molar-refractivity contribution >= 4 is 11.9 Å². The number of piperidine rings is 1. The number of likely N-dealkylation sites (tertiary alicyclic amines) is 1. The molecule has 2 aliphatic rings. The van der Waals surface area contributed by atoms with Gasteiger partial charge in [-0.25, -0.2) is 19.0 Å². The minimum Gasteiger partial charge on any atom is -0.475 e. The minimum atomic E-state index is -5.08. The van der Waals surface area contributed by atoms with Crippen molar-refractivity contribution in [1.82, 2.24) is 9.88 Å². The second-order valence-electron chi connectivity index (χ2n) is 7.54. The fourth-order valence-corrected chi connectivity index (χ4v) is 3.41. The Morgan fingerprint density at radius 2 is 1.76 bits per heavy atom. The van der Waals surface area contributed by atoms with Crippen molar-refractivity contribution in [1.29, 1.82) is 0 Å². The highest BCUT2D eigenvalue weighted by Gasteiger charge is 2.46. The molecule has 2 unspecified atom stereocenters. The number of carboxylic acids is 2. The highest BCUT2D eigenvalue weighted by Crippen LogP contribution is 2.40. The number of rotatable bonds is 3. The number of ether oxygens (including phenoxy) is 2. The van der Waals surface area contributed by atoms with Gasteiger partial charge in [0.15, 0.2) is 5.82 Å². The smallest absolute Gasteiger partial charge is 0.475 e. The SMILES string of the molecule is CN1CCC2OCCCC2(COc2ncccc2F)C1.O=C(O)C(F)(F)F.O=C(O)C(F)(F)F. The first-order chi connectivity index (χ1) is 15.6. The van der Waals surface area contributed by atoms with Crippen molar-refractivity contribution < 1.29 is 60.0 Å². The quantitative estimate of drug-likeness (QED) is 0.599. The van der Waals surface area contributed by atoms with Crippen LogP contribution in [0.2, 0.25) is 0 Å². The van der Waals surface area contributed by atoms with Crippen LogP contribution in [0.25, 0.3) is 0 Å². The first-order valence-electron chi connectivity index (χ1n) is 9.72. The number of aromatic nitrogens is 1. The number of hydrogen-bond donors (Lipinski definition) is 2. The van der Waals surface area contributed by atoms with Gasteiger partial charge in [-0.3, -0.25) is 0 Å². The molecule has 0 bridgehead atoms. The number of carboxylic acid groups (broad SMARTS) is 2. The molecule has 0 aromatic carbocycles. The van der Waals surface area contributed by atoms with Crippen LogP contribution in [0.15, 0.2) is 18.3 Å². The predicted octanol–water partition coefficient (Wildman–Crippen LogP) is 3.37. The van der Waals surface area contributed by atoms with Gasteiger partial charge in [-0.2, -0.15) is 26.3 Å². The molecule has 1 aromatic heterocycles. The molecule has 3 heterocycles. The Morgan fingerprint density at radius 1 is 1.21 bits per heavy atom. The molecule has 2 atom stereocenters. The summed E-state index contributed by atoms with van der Waals surface area (Å²) in [5.41, 5.74) is -0.0325. The average Bonchev–Trinajstić information content (AvgIpc) is 2.72. The van der Waals surface area contributed by atoms with E-state index >= 15 is 0 Å². The van der Waals surface area contributed by atoms with Gasteiger partial charge < -0.3 is 24.6 Å². The molecule has 8 nitrogen and oxygen atoms in total. The van der Waals surface area contributed by atoms with E-state index in [9.17, 15) is 30.7 Å². The Morgan fingerprint density at radius 3 is 2.26 bits per heavy atom. The Bertz CT molecular complexity index is 797. The van der Waals surface area contributed by atoms with Gasteiger partial charge in [0.25, 0.3) is 0 Å². The maximum Gasteiger partial charge on any atom is 0.490 e. The Labute approximate surface area is 189 Å². The number of hydrogen-bond acceptors (Lipinski definition) is 6. The lowest BCUT2D eigenvalue weighted by molar-refractivity contribution is -0.193. The fourth-order valence-electron chi connectivity index (χ4n) is 3.41. The number of halogens is 7. The maximum atomic E-state index is 13.6. The Balaban J connectivity index is 0.000000343. The van der Waals surface area contributed by atoms with E-state index in [1.807, 2.05) is 0 Å². The molecule has 0 amide bonds. The number of pyridine rings is 1. The van der Waals surface area contributed by atoms with E-state index in [2.05, 4.69) is 16.9 Å².